The van der Waals surface area contributed by atoms with E-state index in [1.807, 2.05) is 45.3 Å². The van der Waals surface area contributed by atoms with E-state index in [4.69, 9.17) is 14.0 Å². The highest BCUT2D eigenvalue weighted by molar-refractivity contribution is 5.56. The summed E-state index contributed by atoms with van der Waals surface area (Å²) in [5, 5.41) is 4.12. The molecule has 24 heavy (non-hydrogen) atoms. The highest BCUT2D eigenvalue weighted by Gasteiger charge is 2.34. The van der Waals surface area contributed by atoms with E-state index < -0.39 is 0 Å². The predicted molar refractivity (Wildman–Crippen MR) is 91.2 cm³/mol. The molecule has 130 valence electrons. The third kappa shape index (κ3) is 4.13. The van der Waals surface area contributed by atoms with Gasteiger partial charge in [-0.2, -0.15) is 4.98 Å². The molecule has 1 aliphatic carbocycles. The summed E-state index contributed by atoms with van der Waals surface area (Å²) in [5.41, 5.74) is 0.910. The van der Waals surface area contributed by atoms with Gasteiger partial charge >= 0.3 is 0 Å². The lowest BCUT2D eigenvalue weighted by Gasteiger charge is -2.32. The van der Waals surface area contributed by atoms with Crippen molar-refractivity contribution in [2.24, 2.45) is 0 Å². The Kier molecular flexibility index (Phi) is 5.48. The lowest BCUT2D eigenvalue weighted by atomic mass is 9.82. The summed E-state index contributed by atoms with van der Waals surface area (Å²) in [6.45, 7) is 4.30. The molecule has 2 aromatic rings. The Morgan fingerprint density at radius 3 is 2.88 bits per heavy atom. The molecule has 0 aliphatic heterocycles. The molecule has 1 saturated carbocycles. The van der Waals surface area contributed by atoms with Crippen molar-refractivity contribution in [3.05, 3.63) is 30.2 Å². The Morgan fingerprint density at radius 1 is 1.29 bits per heavy atom. The van der Waals surface area contributed by atoms with Crippen LogP contribution in [-0.2, 0) is 4.74 Å². The molecule has 6 nitrogen and oxygen atoms in total. The summed E-state index contributed by atoms with van der Waals surface area (Å²) in [4.78, 5) is 6.64. The molecule has 0 atom stereocenters. The van der Waals surface area contributed by atoms with Crippen LogP contribution in [0.1, 0.15) is 31.6 Å². The zero-order valence-corrected chi connectivity index (χ0v) is 14.6. The molecule has 0 bridgehead atoms. The molecule has 0 amide bonds. The molecule has 1 aromatic carbocycles. The summed E-state index contributed by atoms with van der Waals surface area (Å²) in [5.74, 6) is 2.46. The van der Waals surface area contributed by atoms with Crippen LogP contribution in [0.25, 0.3) is 11.4 Å². The van der Waals surface area contributed by atoms with Crippen molar-refractivity contribution in [3.63, 3.8) is 0 Å². The minimum absolute atomic E-state index is 0.322. The molecule has 0 unspecified atom stereocenters. The molecular formula is C18H25N3O3. The van der Waals surface area contributed by atoms with Crippen LogP contribution in [0.5, 0.6) is 5.75 Å². The molecule has 6 heteroatoms. The van der Waals surface area contributed by atoms with Gasteiger partial charge in [0, 0.05) is 24.6 Å². The highest BCUT2D eigenvalue weighted by Crippen LogP contribution is 2.38. The number of aromatic nitrogens is 2. The smallest absolute Gasteiger partial charge is 0.230 e. The quantitative estimate of drug-likeness (QED) is 0.741. The fourth-order valence-corrected chi connectivity index (χ4v) is 2.73. The Hall–Kier alpha value is -1.92. The average molecular weight is 331 g/mol. The first-order valence-electron chi connectivity index (χ1n) is 8.49. The average Bonchev–Trinajstić information content (AvgIpc) is 3.00. The maximum absolute atomic E-state index is 5.76. The second-order valence-electron chi connectivity index (χ2n) is 6.38. The highest BCUT2D eigenvalue weighted by atomic mass is 16.5. The molecular weight excluding hydrogens is 306 g/mol. The second-order valence-corrected chi connectivity index (χ2v) is 6.38. The number of hydrogen-bond acceptors (Lipinski definition) is 6. The van der Waals surface area contributed by atoms with Crippen LogP contribution in [0.3, 0.4) is 0 Å². The largest absolute Gasteiger partial charge is 0.492 e. The van der Waals surface area contributed by atoms with E-state index in [0.717, 1.165) is 37.3 Å². The molecule has 0 spiro atoms. The van der Waals surface area contributed by atoms with Gasteiger partial charge in [0.05, 0.1) is 6.10 Å². The maximum atomic E-state index is 5.76. The zero-order chi connectivity index (χ0) is 16.9. The molecule has 0 saturated heterocycles. The first-order chi connectivity index (χ1) is 11.7. The van der Waals surface area contributed by atoms with Crippen molar-refractivity contribution in [2.75, 3.05) is 33.9 Å². The van der Waals surface area contributed by atoms with E-state index in [-0.39, 0.29) is 0 Å². The van der Waals surface area contributed by atoms with Gasteiger partial charge in [-0.1, -0.05) is 17.3 Å². The van der Waals surface area contributed by atoms with Crippen molar-refractivity contribution in [3.8, 4) is 17.1 Å². The van der Waals surface area contributed by atoms with Crippen LogP contribution >= 0.6 is 0 Å². The summed E-state index contributed by atoms with van der Waals surface area (Å²) < 4.78 is 16.8. The van der Waals surface area contributed by atoms with Gasteiger partial charge in [-0.25, -0.2) is 0 Å². The first-order valence-corrected chi connectivity index (χ1v) is 8.49. The van der Waals surface area contributed by atoms with Gasteiger partial charge in [0.2, 0.25) is 11.7 Å². The van der Waals surface area contributed by atoms with E-state index in [0.29, 0.717) is 30.3 Å². The van der Waals surface area contributed by atoms with Gasteiger partial charge in [-0.3, -0.25) is 0 Å². The minimum atomic E-state index is 0.322. The Bertz CT molecular complexity index is 650. The summed E-state index contributed by atoms with van der Waals surface area (Å²) in [6.07, 6.45) is 2.26. The van der Waals surface area contributed by atoms with E-state index in [2.05, 4.69) is 15.0 Å². The lowest BCUT2D eigenvalue weighted by Crippen LogP contribution is -2.29. The first kappa shape index (κ1) is 16.9. The molecule has 1 heterocycles. The Morgan fingerprint density at radius 2 is 2.12 bits per heavy atom. The molecule has 0 N–H and O–H groups in total. The van der Waals surface area contributed by atoms with Crippen LogP contribution in [0.2, 0.25) is 0 Å². The van der Waals surface area contributed by atoms with Crippen molar-refractivity contribution < 1.29 is 14.0 Å². The topological polar surface area (TPSA) is 60.6 Å². The second kappa shape index (κ2) is 7.77. The third-order valence-corrected chi connectivity index (χ3v) is 4.19. The fraction of sp³-hybridized carbons (Fsp3) is 0.556. The van der Waals surface area contributed by atoms with Crippen LogP contribution in [0.4, 0.5) is 0 Å². The molecule has 1 aromatic heterocycles. The maximum Gasteiger partial charge on any atom is 0.230 e. The predicted octanol–water partition coefficient (Wildman–Crippen LogP) is 2.96. The minimum Gasteiger partial charge on any atom is -0.492 e. The van der Waals surface area contributed by atoms with Crippen LogP contribution in [0.15, 0.2) is 28.8 Å². The van der Waals surface area contributed by atoms with E-state index in [1.54, 1.807) is 0 Å². The van der Waals surface area contributed by atoms with E-state index in [9.17, 15) is 0 Å². The number of hydrogen-bond donors (Lipinski definition) is 0. The summed E-state index contributed by atoms with van der Waals surface area (Å²) in [7, 11) is 4.05. The van der Waals surface area contributed by atoms with Gasteiger partial charge in [-0.15, -0.1) is 0 Å². The monoisotopic (exact) mass is 331 g/mol. The van der Waals surface area contributed by atoms with Crippen LogP contribution in [0, 0.1) is 0 Å². The molecule has 0 radical (unpaired) electrons. The van der Waals surface area contributed by atoms with Crippen molar-refractivity contribution in [2.45, 2.75) is 31.8 Å². The molecule has 1 fully saturated rings. The number of likely N-dealkylation sites (N-methyl/N-ethyl adjacent to an activating group) is 1. The molecule has 1 aliphatic rings. The van der Waals surface area contributed by atoms with Crippen molar-refractivity contribution in [1.29, 1.82) is 0 Å². The fourth-order valence-electron chi connectivity index (χ4n) is 2.73. The van der Waals surface area contributed by atoms with Gasteiger partial charge < -0.3 is 18.9 Å². The number of benzene rings is 1. The van der Waals surface area contributed by atoms with Gasteiger partial charge in [0.1, 0.15) is 12.4 Å². The number of ether oxygens (including phenoxy) is 2. The van der Waals surface area contributed by atoms with Crippen LogP contribution in [-0.4, -0.2) is 55.0 Å². The van der Waals surface area contributed by atoms with Crippen molar-refractivity contribution >= 4 is 0 Å². The number of nitrogens with zero attached hydrogens (tertiary/aromatic N) is 3. The van der Waals surface area contributed by atoms with Crippen molar-refractivity contribution in [1.82, 2.24) is 15.0 Å². The van der Waals surface area contributed by atoms with E-state index >= 15 is 0 Å². The standard InChI is InChI=1S/C18H25N3O3/c1-4-22-16-11-14(12-16)18-19-17(20-24-18)13-6-5-7-15(10-13)23-9-8-21(2)3/h5-7,10,14,16H,4,8-9,11-12H2,1-3H3. The Balaban J connectivity index is 1.61. The lowest BCUT2D eigenvalue weighted by molar-refractivity contribution is -0.00961. The summed E-state index contributed by atoms with van der Waals surface area (Å²) in [6, 6.07) is 7.81. The third-order valence-electron chi connectivity index (χ3n) is 4.19. The van der Waals surface area contributed by atoms with Gasteiger partial charge in [0.15, 0.2) is 0 Å². The Labute approximate surface area is 142 Å². The van der Waals surface area contributed by atoms with Crippen LogP contribution < -0.4 is 4.74 Å². The summed E-state index contributed by atoms with van der Waals surface area (Å²) >= 11 is 0. The molecule has 3 rings (SSSR count). The normalized spacial score (nSPS) is 20.2. The van der Waals surface area contributed by atoms with Gasteiger partial charge in [0.25, 0.3) is 0 Å². The number of rotatable bonds is 8. The van der Waals surface area contributed by atoms with E-state index in [1.165, 1.54) is 0 Å². The zero-order valence-electron chi connectivity index (χ0n) is 14.6. The SMILES string of the molecule is CCOC1CC(c2nc(-c3cccc(OCCN(C)C)c3)no2)C1. The van der Waals surface area contributed by atoms with Gasteiger partial charge in [-0.05, 0) is 46.0 Å².